The van der Waals surface area contributed by atoms with Crippen molar-refractivity contribution in [2.24, 2.45) is 0 Å². The Balaban J connectivity index is 2.30. The fraction of sp³-hybridized carbons (Fsp3) is 0.235. The maximum atomic E-state index is 12.4. The summed E-state index contributed by atoms with van der Waals surface area (Å²) in [6.45, 7) is 2.04. The molecule has 0 aliphatic heterocycles. The Morgan fingerprint density at radius 2 is 1.84 bits per heavy atom. The van der Waals surface area contributed by atoms with Crippen molar-refractivity contribution >= 4 is 33.2 Å². The van der Waals surface area contributed by atoms with Gasteiger partial charge in [-0.25, -0.2) is 8.42 Å². The average Bonchev–Trinajstić information content (AvgIpc) is 2.61. The van der Waals surface area contributed by atoms with Crippen LogP contribution in [0.2, 0.25) is 5.02 Å². The van der Waals surface area contributed by atoms with E-state index in [1.54, 1.807) is 12.1 Å². The van der Waals surface area contributed by atoms with E-state index < -0.39 is 15.9 Å². The predicted molar refractivity (Wildman–Crippen MR) is 97.2 cm³/mol. The Morgan fingerprint density at radius 3 is 2.40 bits per heavy atom. The molecule has 134 valence electrons. The van der Waals surface area contributed by atoms with Crippen LogP contribution in [0.1, 0.15) is 22.8 Å². The summed E-state index contributed by atoms with van der Waals surface area (Å²) in [5, 5.41) is 2.74. The number of nitrogens with zero attached hydrogens (tertiary/aromatic N) is 1. The molecule has 2 aromatic carbocycles. The lowest BCUT2D eigenvalue weighted by molar-refractivity contribution is -0.0258. The van der Waals surface area contributed by atoms with Crippen LogP contribution in [0.5, 0.6) is 0 Å². The quantitative estimate of drug-likeness (QED) is 0.777. The Hall–Kier alpha value is -1.93. The zero-order valence-electron chi connectivity index (χ0n) is 14.1. The lowest BCUT2D eigenvalue weighted by Gasteiger charge is -2.16. The standard InChI is InChI=1S/C17H19ClN2O4S/c1-4-12-5-8-14(9-6-12)19-17(21)13-7-10-15(18)16(11-13)25(22,23)20(2)24-3/h5-11H,4H2,1-3H3,(H,19,21). The predicted octanol–water partition coefficient (Wildman–Crippen LogP) is 3.34. The summed E-state index contributed by atoms with van der Waals surface area (Å²) in [5.74, 6) is -0.433. The number of nitrogens with one attached hydrogen (secondary N) is 1. The SMILES string of the molecule is CCc1ccc(NC(=O)c2ccc(Cl)c(S(=O)(=O)N(C)OC)c2)cc1. The van der Waals surface area contributed by atoms with E-state index >= 15 is 0 Å². The Labute approximate surface area is 152 Å². The highest BCUT2D eigenvalue weighted by Crippen LogP contribution is 2.26. The van der Waals surface area contributed by atoms with Crippen LogP contribution in [0, 0.1) is 0 Å². The molecule has 0 fully saturated rings. The number of carbonyl (C=O) groups excluding carboxylic acids is 1. The fourth-order valence-electron chi connectivity index (χ4n) is 2.11. The summed E-state index contributed by atoms with van der Waals surface area (Å²) in [4.78, 5) is 16.9. The molecular formula is C17H19ClN2O4S. The number of benzene rings is 2. The number of rotatable bonds is 6. The van der Waals surface area contributed by atoms with E-state index in [4.69, 9.17) is 16.4 Å². The van der Waals surface area contributed by atoms with Crippen molar-refractivity contribution in [1.29, 1.82) is 0 Å². The minimum Gasteiger partial charge on any atom is -0.322 e. The molecule has 0 aliphatic rings. The van der Waals surface area contributed by atoms with Crippen molar-refractivity contribution in [1.82, 2.24) is 4.47 Å². The normalized spacial score (nSPS) is 11.6. The molecule has 0 radical (unpaired) electrons. The van der Waals surface area contributed by atoms with Gasteiger partial charge in [0.25, 0.3) is 15.9 Å². The molecule has 0 aromatic heterocycles. The van der Waals surface area contributed by atoms with Crippen molar-refractivity contribution in [2.45, 2.75) is 18.2 Å². The van der Waals surface area contributed by atoms with Crippen molar-refractivity contribution in [3.05, 3.63) is 58.6 Å². The molecule has 0 heterocycles. The van der Waals surface area contributed by atoms with Crippen molar-refractivity contribution in [3.8, 4) is 0 Å². The number of hydrogen-bond donors (Lipinski definition) is 1. The first-order valence-electron chi connectivity index (χ1n) is 7.52. The smallest absolute Gasteiger partial charge is 0.266 e. The molecule has 2 aromatic rings. The molecule has 0 saturated heterocycles. The van der Waals surface area contributed by atoms with E-state index in [2.05, 4.69) is 5.32 Å². The molecule has 2 rings (SSSR count). The maximum Gasteiger partial charge on any atom is 0.266 e. The number of halogens is 1. The minimum absolute atomic E-state index is 0.00717. The maximum absolute atomic E-state index is 12.4. The first-order valence-corrected chi connectivity index (χ1v) is 9.34. The third-order valence-corrected chi connectivity index (χ3v) is 5.85. The van der Waals surface area contributed by atoms with Crippen molar-refractivity contribution in [3.63, 3.8) is 0 Å². The number of carbonyl (C=O) groups is 1. The highest BCUT2D eigenvalue weighted by molar-refractivity contribution is 7.89. The van der Waals surface area contributed by atoms with Gasteiger partial charge in [-0.15, -0.1) is 0 Å². The molecule has 1 N–H and O–H groups in total. The third kappa shape index (κ3) is 4.38. The Kier molecular flexibility index (Phi) is 6.18. The second-order valence-corrected chi connectivity index (χ2v) is 7.56. The molecule has 25 heavy (non-hydrogen) atoms. The van der Waals surface area contributed by atoms with Gasteiger partial charge in [0, 0.05) is 18.3 Å². The largest absolute Gasteiger partial charge is 0.322 e. The molecule has 0 aliphatic carbocycles. The number of sulfonamides is 1. The van der Waals surface area contributed by atoms with Gasteiger partial charge in [0.05, 0.1) is 12.1 Å². The van der Waals surface area contributed by atoms with Crippen LogP contribution in [0.3, 0.4) is 0 Å². The van der Waals surface area contributed by atoms with Crippen LogP contribution < -0.4 is 5.32 Å². The molecule has 0 unspecified atom stereocenters. The monoisotopic (exact) mass is 382 g/mol. The summed E-state index contributed by atoms with van der Waals surface area (Å²) in [5.41, 5.74) is 1.95. The number of anilines is 1. The lowest BCUT2D eigenvalue weighted by atomic mass is 10.1. The molecule has 1 amide bonds. The summed E-state index contributed by atoms with van der Waals surface area (Å²) in [6, 6.07) is 11.5. The van der Waals surface area contributed by atoms with E-state index in [1.165, 1.54) is 32.4 Å². The number of amides is 1. The van der Waals surface area contributed by atoms with E-state index in [-0.39, 0.29) is 15.5 Å². The summed E-state index contributed by atoms with van der Waals surface area (Å²) >= 11 is 5.99. The van der Waals surface area contributed by atoms with E-state index in [1.807, 2.05) is 19.1 Å². The van der Waals surface area contributed by atoms with Gasteiger partial charge in [-0.1, -0.05) is 35.1 Å². The number of aryl methyl sites for hydroxylation is 1. The molecule has 6 nitrogen and oxygen atoms in total. The molecule has 0 spiro atoms. The van der Waals surface area contributed by atoms with Gasteiger partial charge in [0.1, 0.15) is 4.90 Å². The zero-order valence-corrected chi connectivity index (χ0v) is 15.7. The lowest BCUT2D eigenvalue weighted by Crippen LogP contribution is -2.26. The summed E-state index contributed by atoms with van der Waals surface area (Å²) < 4.78 is 25.4. The third-order valence-electron chi connectivity index (χ3n) is 3.69. The van der Waals surface area contributed by atoms with Gasteiger partial charge in [-0.05, 0) is 42.3 Å². The Morgan fingerprint density at radius 1 is 1.20 bits per heavy atom. The minimum atomic E-state index is -3.96. The second kappa shape index (κ2) is 7.97. The van der Waals surface area contributed by atoms with Gasteiger partial charge >= 0.3 is 0 Å². The van der Waals surface area contributed by atoms with Gasteiger partial charge < -0.3 is 5.32 Å². The van der Waals surface area contributed by atoms with Gasteiger partial charge in [0.15, 0.2) is 0 Å². The number of hydroxylamine groups is 1. The van der Waals surface area contributed by atoms with Crippen molar-refractivity contribution in [2.75, 3.05) is 19.5 Å². The van der Waals surface area contributed by atoms with Gasteiger partial charge in [0.2, 0.25) is 0 Å². The zero-order chi connectivity index (χ0) is 18.6. The van der Waals surface area contributed by atoms with Gasteiger partial charge in [-0.2, -0.15) is 0 Å². The molecule has 0 atom stereocenters. The van der Waals surface area contributed by atoms with Crippen LogP contribution in [-0.4, -0.2) is 33.0 Å². The van der Waals surface area contributed by atoms with Crippen LogP contribution in [0.4, 0.5) is 5.69 Å². The second-order valence-electron chi connectivity index (χ2n) is 5.25. The van der Waals surface area contributed by atoms with E-state index in [9.17, 15) is 13.2 Å². The van der Waals surface area contributed by atoms with Crippen LogP contribution in [-0.2, 0) is 21.3 Å². The topological polar surface area (TPSA) is 75.7 Å². The highest BCUT2D eigenvalue weighted by Gasteiger charge is 2.25. The molecule has 0 saturated carbocycles. The molecular weight excluding hydrogens is 364 g/mol. The van der Waals surface area contributed by atoms with E-state index in [0.717, 1.165) is 12.0 Å². The summed E-state index contributed by atoms with van der Waals surface area (Å²) in [7, 11) is -1.49. The van der Waals surface area contributed by atoms with Crippen LogP contribution >= 0.6 is 11.6 Å². The molecule has 0 bridgehead atoms. The van der Waals surface area contributed by atoms with Crippen LogP contribution in [0.15, 0.2) is 47.4 Å². The number of hydrogen-bond acceptors (Lipinski definition) is 4. The highest BCUT2D eigenvalue weighted by atomic mass is 35.5. The van der Waals surface area contributed by atoms with Gasteiger partial charge in [-0.3, -0.25) is 9.63 Å². The first-order chi connectivity index (χ1) is 11.8. The molecule has 8 heteroatoms. The van der Waals surface area contributed by atoms with Crippen LogP contribution in [0.25, 0.3) is 0 Å². The fourth-order valence-corrected chi connectivity index (χ4v) is 3.58. The van der Waals surface area contributed by atoms with E-state index in [0.29, 0.717) is 10.2 Å². The summed E-state index contributed by atoms with van der Waals surface area (Å²) in [6.07, 6.45) is 0.902. The Bertz CT molecular complexity index is 867. The average molecular weight is 383 g/mol. The van der Waals surface area contributed by atoms with Crippen molar-refractivity contribution < 1.29 is 18.0 Å². The first kappa shape index (κ1) is 19.4.